The van der Waals surface area contributed by atoms with E-state index in [1.807, 2.05) is 25.1 Å². The Morgan fingerprint density at radius 2 is 2.17 bits per heavy atom. The molecule has 0 N–H and O–H groups in total. The van der Waals surface area contributed by atoms with Gasteiger partial charge in [-0.2, -0.15) is 0 Å². The minimum atomic E-state index is -0.234. The van der Waals surface area contributed by atoms with Gasteiger partial charge in [-0.25, -0.2) is 9.78 Å². The highest BCUT2D eigenvalue weighted by Crippen LogP contribution is 2.37. The van der Waals surface area contributed by atoms with E-state index in [0.717, 1.165) is 24.8 Å². The molecule has 1 aromatic rings. The molecule has 1 fully saturated rings. The highest BCUT2D eigenvalue weighted by Gasteiger charge is 2.38. The molecule has 5 nitrogen and oxygen atoms in total. The van der Waals surface area contributed by atoms with Gasteiger partial charge in [0.2, 0.25) is 5.88 Å². The molecule has 1 aliphatic carbocycles. The fraction of sp³-hybridized carbons (Fsp3) is 0.579. The first-order chi connectivity index (χ1) is 11.6. The molecule has 1 aliphatic heterocycles. The highest BCUT2D eigenvalue weighted by molar-refractivity contribution is 5.90. The van der Waals surface area contributed by atoms with Gasteiger partial charge in [0, 0.05) is 11.8 Å². The first kappa shape index (κ1) is 17.0. The molecule has 1 saturated heterocycles. The van der Waals surface area contributed by atoms with Gasteiger partial charge in [-0.1, -0.05) is 13.0 Å². The molecular formula is C19H25NO4. The van der Waals surface area contributed by atoms with Gasteiger partial charge in [-0.05, 0) is 50.2 Å². The predicted molar refractivity (Wildman–Crippen MR) is 89.5 cm³/mol. The van der Waals surface area contributed by atoms with Gasteiger partial charge in [-0.15, -0.1) is 0 Å². The number of carbonyl (C=O) groups is 1. The van der Waals surface area contributed by atoms with E-state index in [-0.39, 0.29) is 18.2 Å². The second kappa shape index (κ2) is 7.34. The van der Waals surface area contributed by atoms with Crippen LogP contribution in [0.5, 0.6) is 5.88 Å². The Balaban J connectivity index is 1.80. The largest absolute Gasteiger partial charge is 0.481 e. The first-order valence-electron chi connectivity index (χ1n) is 8.60. The maximum atomic E-state index is 12.5. The number of carbonyl (C=O) groups excluding carboxylic acids is 1. The second-order valence-corrected chi connectivity index (χ2v) is 6.79. The molecule has 0 saturated carbocycles. The normalized spacial score (nSPS) is 30.0. The molecule has 0 spiro atoms. The summed E-state index contributed by atoms with van der Waals surface area (Å²) in [6.45, 7) is 4.47. The molecule has 1 aromatic heterocycles. The number of esters is 1. The van der Waals surface area contributed by atoms with Crippen molar-refractivity contribution < 1.29 is 19.0 Å². The minimum Gasteiger partial charge on any atom is -0.481 e. The van der Waals surface area contributed by atoms with E-state index in [0.29, 0.717) is 29.9 Å². The van der Waals surface area contributed by atoms with Gasteiger partial charge in [-0.3, -0.25) is 0 Å². The number of hydrogen-bond acceptors (Lipinski definition) is 5. The van der Waals surface area contributed by atoms with Crippen molar-refractivity contribution >= 4 is 5.97 Å². The molecule has 2 heterocycles. The number of fused-ring (bicyclic) bond motifs is 2. The minimum absolute atomic E-state index is 0.0313. The number of nitrogens with zero attached hydrogens (tertiary/aromatic N) is 1. The summed E-state index contributed by atoms with van der Waals surface area (Å²) >= 11 is 0. The van der Waals surface area contributed by atoms with Crippen LogP contribution in [0.15, 0.2) is 30.0 Å². The number of rotatable bonds is 4. The average molecular weight is 331 g/mol. The number of methoxy groups -OCH3 is 1. The lowest BCUT2D eigenvalue weighted by Crippen LogP contribution is -2.38. The standard InChI is InChI=1S/C19H25NO4/c1-12-9-14-7-6-13(2)24-19(21)16(10-12)17(14)23-11-15-5-4-8-20-18(15)22-3/h4-5,8,10,12-14,17H,6-7,9,11H2,1-3H3/t12?,13-,14?,17-/m0/s1. The summed E-state index contributed by atoms with van der Waals surface area (Å²) in [6.07, 6.45) is 6.38. The zero-order chi connectivity index (χ0) is 17.1. The fourth-order valence-corrected chi connectivity index (χ4v) is 3.66. The predicted octanol–water partition coefficient (Wildman–Crippen LogP) is 3.28. The summed E-state index contributed by atoms with van der Waals surface area (Å²) in [7, 11) is 1.60. The quantitative estimate of drug-likeness (QED) is 0.793. The van der Waals surface area contributed by atoms with Crippen LogP contribution in [-0.2, 0) is 20.9 Å². The molecule has 24 heavy (non-hydrogen) atoms. The molecule has 3 rings (SSSR count). The van der Waals surface area contributed by atoms with Crippen LogP contribution >= 0.6 is 0 Å². The van der Waals surface area contributed by atoms with Crippen molar-refractivity contribution in [1.29, 1.82) is 0 Å². The van der Waals surface area contributed by atoms with E-state index in [4.69, 9.17) is 14.2 Å². The van der Waals surface area contributed by atoms with Gasteiger partial charge < -0.3 is 14.2 Å². The van der Waals surface area contributed by atoms with Gasteiger partial charge in [0.1, 0.15) is 0 Å². The van der Waals surface area contributed by atoms with Gasteiger partial charge in [0.05, 0.1) is 31.5 Å². The number of aromatic nitrogens is 1. The van der Waals surface area contributed by atoms with Crippen LogP contribution in [0.3, 0.4) is 0 Å². The van der Waals surface area contributed by atoms with Crippen molar-refractivity contribution in [2.24, 2.45) is 11.8 Å². The number of allylic oxidation sites excluding steroid dienone is 1. The Morgan fingerprint density at radius 3 is 2.96 bits per heavy atom. The summed E-state index contributed by atoms with van der Waals surface area (Å²) in [5.41, 5.74) is 1.56. The Labute approximate surface area is 143 Å². The number of pyridine rings is 1. The number of cyclic esters (lactones) is 1. The molecule has 4 atom stereocenters. The summed E-state index contributed by atoms with van der Waals surface area (Å²) in [5.74, 6) is 1.05. The summed E-state index contributed by atoms with van der Waals surface area (Å²) < 4.78 is 17.0. The van der Waals surface area contributed by atoms with Crippen molar-refractivity contribution in [3.8, 4) is 5.88 Å². The molecule has 130 valence electrons. The Hall–Kier alpha value is -1.88. The molecule has 5 heteroatoms. The zero-order valence-electron chi connectivity index (χ0n) is 14.5. The van der Waals surface area contributed by atoms with Crippen LogP contribution in [0, 0.1) is 11.8 Å². The fourth-order valence-electron chi connectivity index (χ4n) is 3.66. The highest BCUT2D eigenvalue weighted by atomic mass is 16.5. The Kier molecular flexibility index (Phi) is 5.19. The van der Waals surface area contributed by atoms with Crippen LogP contribution in [0.4, 0.5) is 0 Å². The van der Waals surface area contributed by atoms with E-state index >= 15 is 0 Å². The van der Waals surface area contributed by atoms with Crippen LogP contribution in [0.25, 0.3) is 0 Å². The molecule has 2 unspecified atom stereocenters. The topological polar surface area (TPSA) is 57.6 Å². The number of hydrogen-bond donors (Lipinski definition) is 0. The number of ether oxygens (including phenoxy) is 3. The third-order valence-corrected chi connectivity index (χ3v) is 4.82. The van der Waals surface area contributed by atoms with Crippen molar-refractivity contribution in [2.75, 3.05) is 7.11 Å². The average Bonchev–Trinajstić information content (AvgIpc) is 2.58. The van der Waals surface area contributed by atoms with Gasteiger partial charge in [0.25, 0.3) is 0 Å². The van der Waals surface area contributed by atoms with E-state index in [1.165, 1.54) is 0 Å². The molecule has 0 amide bonds. The van der Waals surface area contributed by atoms with E-state index < -0.39 is 0 Å². The summed E-state index contributed by atoms with van der Waals surface area (Å²) in [4.78, 5) is 16.7. The lowest BCUT2D eigenvalue weighted by Gasteiger charge is -2.37. The lowest BCUT2D eigenvalue weighted by atomic mass is 9.77. The van der Waals surface area contributed by atoms with E-state index in [9.17, 15) is 4.79 Å². The third-order valence-electron chi connectivity index (χ3n) is 4.82. The van der Waals surface area contributed by atoms with Crippen LogP contribution in [0.1, 0.15) is 38.7 Å². The zero-order valence-corrected chi connectivity index (χ0v) is 14.5. The lowest BCUT2D eigenvalue weighted by molar-refractivity contribution is -0.149. The van der Waals surface area contributed by atoms with E-state index in [1.54, 1.807) is 13.3 Å². The maximum absolute atomic E-state index is 12.5. The van der Waals surface area contributed by atoms with Crippen LogP contribution in [0.2, 0.25) is 0 Å². The Bertz CT molecular complexity index is 628. The maximum Gasteiger partial charge on any atom is 0.336 e. The smallest absolute Gasteiger partial charge is 0.336 e. The van der Waals surface area contributed by atoms with E-state index in [2.05, 4.69) is 11.9 Å². The molecule has 2 aliphatic rings. The van der Waals surface area contributed by atoms with Crippen LogP contribution in [-0.4, -0.2) is 30.3 Å². The van der Waals surface area contributed by atoms with Gasteiger partial charge in [0.15, 0.2) is 0 Å². The van der Waals surface area contributed by atoms with Crippen LogP contribution < -0.4 is 4.74 Å². The molecular weight excluding hydrogens is 306 g/mol. The third kappa shape index (κ3) is 3.61. The SMILES string of the molecule is COc1ncccc1CO[C@@H]1C2=CC(C)CC1CC[C@H](C)OC2=O. The molecule has 0 radical (unpaired) electrons. The molecule has 2 bridgehead atoms. The van der Waals surface area contributed by atoms with Crippen molar-refractivity contribution in [2.45, 2.75) is 51.9 Å². The van der Waals surface area contributed by atoms with Crippen molar-refractivity contribution in [1.82, 2.24) is 4.98 Å². The molecule has 0 aromatic carbocycles. The second-order valence-electron chi connectivity index (χ2n) is 6.79. The van der Waals surface area contributed by atoms with Gasteiger partial charge >= 0.3 is 5.97 Å². The first-order valence-corrected chi connectivity index (χ1v) is 8.60. The Morgan fingerprint density at radius 1 is 1.33 bits per heavy atom. The van der Waals surface area contributed by atoms with Crippen molar-refractivity contribution in [3.63, 3.8) is 0 Å². The summed E-state index contributed by atoms with van der Waals surface area (Å²) in [6, 6.07) is 3.79. The monoisotopic (exact) mass is 331 g/mol. The van der Waals surface area contributed by atoms with Crippen molar-refractivity contribution in [3.05, 3.63) is 35.5 Å². The summed E-state index contributed by atoms with van der Waals surface area (Å²) in [5, 5.41) is 0.